The molecule has 4 heteroatoms. The Morgan fingerprint density at radius 2 is 2.00 bits per heavy atom. The molecule has 0 unspecified atom stereocenters. The highest BCUT2D eigenvalue weighted by atomic mass is 32.1. The van der Waals surface area contributed by atoms with Crippen LogP contribution >= 0.6 is 12.6 Å². The fraction of sp³-hybridized carbons (Fsp3) is 0. The third-order valence-corrected chi connectivity index (χ3v) is 1.96. The molecule has 0 aliphatic carbocycles. The molecule has 0 heterocycles. The van der Waals surface area contributed by atoms with Crippen molar-refractivity contribution in [3.8, 4) is 0 Å². The van der Waals surface area contributed by atoms with Crippen LogP contribution in [-0.2, 0) is 4.79 Å². The average Bonchev–Trinajstić information content (AvgIpc) is 2.18. The number of nitrogens with one attached hydrogen (secondary N) is 1. The lowest BCUT2D eigenvalue weighted by Gasteiger charge is -2.03. The Balaban J connectivity index is 2.85. The summed E-state index contributed by atoms with van der Waals surface area (Å²) in [5.74, 6) is -0.993. The van der Waals surface area contributed by atoms with E-state index in [0.29, 0.717) is 10.5 Å². The van der Waals surface area contributed by atoms with Crippen LogP contribution in [-0.4, -0.2) is 11.8 Å². The molecule has 0 fully saturated rings. The SMILES string of the molecule is C=CC(=O)NC(=O)c1ccccc1S. The van der Waals surface area contributed by atoms with Crippen molar-refractivity contribution in [2.45, 2.75) is 4.90 Å². The summed E-state index contributed by atoms with van der Waals surface area (Å²) < 4.78 is 0. The average molecular weight is 207 g/mol. The molecule has 0 aliphatic rings. The van der Waals surface area contributed by atoms with Gasteiger partial charge < -0.3 is 0 Å². The van der Waals surface area contributed by atoms with Gasteiger partial charge in [0.25, 0.3) is 5.91 Å². The number of imide groups is 1. The highest BCUT2D eigenvalue weighted by Gasteiger charge is 2.09. The smallest absolute Gasteiger partial charge is 0.259 e. The van der Waals surface area contributed by atoms with Crippen LogP contribution in [0.1, 0.15) is 10.4 Å². The van der Waals surface area contributed by atoms with Crippen molar-refractivity contribution in [3.05, 3.63) is 42.5 Å². The third-order valence-electron chi connectivity index (χ3n) is 1.57. The molecular formula is C10H9NO2S. The van der Waals surface area contributed by atoms with Crippen LogP contribution < -0.4 is 5.32 Å². The van der Waals surface area contributed by atoms with E-state index in [1.54, 1.807) is 24.3 Å². The van der Waals surface area contributed by atoms with Gasteiger partial charge in [0.1, 0.15) is 0 Å². The van der Waals surface area contributed by atoms with Gasteiger partial charge in [-0.25, -0.2) is 0 Å². The Kier molecular flexibility index (Phi) is 3.48. The Bertz CT molecular complexity index is 387. The molecule has 1 N–H and O–H groups in total. The van der Waals surface area contributed by atoms with Crippen LogP contribution in [0, 0.1) is 0 Å². The van der Waals surface area contributed by atoms with Crippen LogP contribution in [0.4, 0.5) is 0 Å². The molecule has 0 aliphatic heterocycles. The van der Waals surface area contributed by atoms with Crippen LogP contribution in [0.5, 0.6) is 0 Å². The van der Waals surface area contributed by atoms with Crippen LogP contribution in [0.2, 0.25) is 0 Å². The maximum absolute atomic E-state index is 11.4. The highest BCUT2D eigenvalue weighted by molar-refractivity contribution is 7.80. The van der Waals surface area contributed by atoms with E-state index in [-0.39, 0.29) is 0 Å². The predicted octanol–water partition coefficient (Wildman–Crippen LogP) is 1.42. The van der Waals surface area contributed by atoms with E-state index >= 15 is 0 Å². The summed E-state index contributed by atoms with van der Waals surface area (Å²) >= 11 is 4.09. The fourth-order valence-electron chi connectivity index (χ4n) is 0.896. The van der Waals surface area contributed by atoms with Gasteiger partial charge in [0, 0.05) is 4.90 Å². The lowest BCUT2D eigenvalue weighted by atomic mass is 10.2. The zero-order chi connectivity index (χ0) is 10.6. The number of carbonyl (C=O) groups excluding carboxylic acids is 2. The van der Waals surface area contributed by atoms with E-state index in [4.69, 9.17) is 0 Å². The normalized spacial score (nSPS) is 9.21. The number of carbonyl (C=O) groups is 2. The first kappa shape index (κ1) is 10.5. The number of benzene rings is 1. The zero-order valence-corrected chi connectivity index (χ0v) is 8.25. The number of amides is 2. The van der Waals surface area contributed by atoms with E-state index in [2.05, 4.69) is 24.5 Å². The van der Waals surface area contributed by atoms with Gasteiger partial charge in [0.05, 0.1) is 5.56 Å². The van der Waals surface area contributed by atoms with Crippen LogP contribution in [0.25, 0.3) is 0 Å². The van der Waals surface area contributed by atoms with E-state index in [1.165, 1.54) is 0 Å². The van der Waals surface area contributed by atoms with Crippen molar-refractivity contribution in [2.75, 3.05) is 0 Å². The summed E-state index contributed by atoms with van der Waals surface area (Å²) in [6.45, 7) is 3.25. The van der Waals surface area contributed by atoms with Crippen molar-refractivity contribution in [1.29, 1.82) is 0 Å². The van der Waals surface area contributed by atoms with E-state index in [1.807, 2.05) is 0 Å². The molecule has 0 saturated carbocycles. The summed E-state index contributed by atoms with van der Waals surface area (Å²) in [7, 11) is 0. The molecule has 1 rings (SSSR count). The minimum Gasteiger partial charge on any atom is -0.289 e. The quantitative estimate of drug-likeness (QED) is 0.569. The van der Waals surface area contributed by atoms with Gasteiger partial charge in [-0.2, -0.15) is 0 Å². The first-order valence-electron chi connectivity index (χ1n) is 3.91. The second kappa shape index (κ2) is 4.62. The van der Waals surface area contributed by atoms with Gasteiger partial charge in [0.2, 0.25) is 5.91 Å². The predicted molar refractivity (Wildman–Crippen MR) is 56.4 cm³/mol. The first-order valence-corrected chi connectivity index (χ1v) is 4.35. The molecule has 3 nitrogen and oxygen atoms in total. The second-order valence-corrected chi connectivity index (χ2v) is 3.02. The van der Waals surface area contributed by atoms with Crippen LogP contribution in [0.15, 0.2) is 41.8 Å². The largest absolute Gasteiger partial charge is 0.289 e. The zero-order valence-electron chi connectivity index (χ0n) is 7.36. The van der Waals surface area contributed by atoms with Gasteiger partial charge in [-0.15, -0.1) is 12.6 Å². The van der Waals surface area contributed by atoms with Gasteiger partial charge in [-0.05, 0) is 18.2 Å². The summed E-state index contributed by atoms with van der Waals surface area (Å²) in [4.78, 5) is 22.8. The molecule has 0 atom stereocenters. The summed E-state index contributed by atoms with van der Waals surface area (Å²) in [5.41, 5.74) is 0.367. The third kappa shape index (κ3) is 2.47. The molecular weight excluding hydrogens is 198 g/mol. The molecule has 1 aromatic rings. The minimum absolute atomic E-state index is 0.367. The van der Waals surface area contributed by atoms with Crippen molar-refractivity contribution in [1.82, 2.24) is 5.32 Å². The van der Waals surface area contributed by atoms with Crippen molar-refractivity contribution < 1.29 is 9.59 Å². The molecule has 14 heavy (non-hydrogen) atoms. The maximum Gasteiger partial charge on any atom is 0.259 e. The highest BCUT2D eigenvalue weighted by Crippen LogP contribution is 2.12. The van der Waals surface area contributed by atoms with Crippen LogP contribution in [0.3, 0.4) is 0 Å². The number of rotatable bonds is 2. The maximum atomic E-state index is 11.4. The summed E-state index contributed by atoms with van der Waals surface area (Å²) in [6, 6.07) is 6.73. The molecule has 1 aromatic carbocycles. The fourth-order valence-corrected chi connectivity index (χ4v) is 1.16. The molecule has 2 amide bonds. The molecule has 0 saturated heterocycles. The topological polar surface area (TPSA) is 46.2 Å². The Labute approximate surface area is 87.2 Å². The van der Waals surface area contributed by atoms with Gasteiger partial charge in [-0.3, -0.25) is 14.9 Å². The summed E-state index contributed by atoms with van der Waals surface area (Å²) in [6.07, 6.45) is 1.04. The number of thiol groups is 1. The van der Waals surface area contributed by atoms with E-state index in [9.17, 15) is 9.59 Å². The Hall–Kier alpha value is -1.55. The summed E-state index contributed by atoms with van der Waals surface area (Å²) in [5, 5.41) is 2.14. The number of hydrogen-bond acceptors (Lipinski definition) is 3. The number of hydrogen-bond donors (Lipinski definition) is 2. The van der Waals surface area contributed by atoms with E-state index in [0.717, 1.165) is 6.08 Å². The van der Waals surface area contributed by atoms with Crippen molar-refractivity contribution >= 4 is 24.4 Å². The molecule has 0 spiro atoms. The second-order valence-electron chi connectivity index (χ2n) is 2.54. The monoisotopic (exact) mass is 207 g/mol. The van der Waals surface area contributed by atoms with E-state index < -0.39 is 11.8 Å². The Morgan fingerprint density at radius 3 is 2.57 bits per heavy atom. The minimum atomic E-state index is -0.522. The van der Waals surface area contributed by atoms with Gasteiger partial charge >= 0.3 is 0 Å². The van der Waals surface area contributed by atoms with Crippen molar-refractivity contribution in [2.24, 2.45) is 0 Å². The standard InChI is InChI=1S/C10H9NO2S/c1-2-9(12)11-10(13)7-5-3-4-6-8(7)14/h2-6,14H,1H2,(H,11,12,13). The van der Waals surface area contributed by atoms with Gasteiger partial charge in [0.15, 0.2) is 0 Å². The Morgan fingerprint density at radius 1 is 1.36 bits per heavy atom. The lowest BCUT2D eigenvalue weighted by Crippen LogP contribution is -2.28. The van der Waals surface area contributed by atoms with Gasteiger partial charge in [-0.1, -0.05) is 18.7 Å². The molecule has 0 bridgehead atoms. The molecule has 0 aromatic heterocycles. The molecule has 72 valence electrons. The first-order chi connectivity index (χ1) is 6.65. The van der Waals surface area contributed by atoms with Crippen molar-refractivity contribution in [3.63, 3.8) is 0 Å². The molecule has 0 radical (unpaired) electrons. The lowest BCUT2D eigenvalue weighted by molar-refractivity contribution is -0.115.